The molecule has 0 atom stereocenters. The molecule has 2 aliphatic heterocycles. The predicted molar refractivity (Wildman–Crippen MR) is 223 cm³/mol. The van der Waals surface area contributed by atoms with Crippen LogP contribution in [0.25, 0.3) is 6.08 Å². The maximum absolute atomic E-state index is 13.3. The molecule has 15 nitrogen and oxygen atoms in total. The number of piperazine rings is 1. The van der Waals surface area contributed by atoms with Crippen molar-refractivity contribution in [3.05, 3.63) is 71.9 Å². The van der Waals surface area contributed by atoms with E-state index in [0.717, 1.165) is 44.7 Å². The Hall–Kier alpha value is -5.11. The molecule has 0 unspecified atom stereocenters. The van der Waals surface area contributed by atoms with Crippen LogP contribution < -0.4 is 30.9 Å². The maximum atomic E-state index is 13.3. The van der Waals surface area contributed by atoms with E-state index in [1.807, 2.05) is 57.2 Å². The van der Waals surface area contributed by atoms with Crippen molar-refractivity contribution in [2.45, 2.75) is 45.3 Å². The van der Waals surface area contributed by atoms with Crippen molar-refractivity contribution in [1.82, 2.24) is 29.7 Å². The average Bonchev–Trinajstić information content (AvgIpc) is 3.69. The first-order valence-electron chi connectivity index (χ1n) is 18.5. The lowest BCUT2D eigenvalue weighted by Gasteiger charge is -2.43. The Morgan fingerprint density at radius 1 is 0.982 bits per heavy atom. The monoisotopic (exact) mass is 804 g/mol. The lowest BCUT2D eigenvalue weighted by molar-refractivity contribution is -0.111. The second kappa shape index (κ2) is 17.4. The summed E-state index contributed by atoms with van der Waals surface area (Å²) in [5, 5.41) is 10.5. The number of para-hydroxylation sites is 1. The molecule has 2 aromatic carbocycles. The molecular formula is C39H50ClN10O5P. The number of methoxy groups -OCH3 is 1. The molecule has 6 rings (SSSR count). The summed E-state index contributed by atoms with van der Waals surface area (Å²) >= 11 is 6.53. The molecule has 2 aromatic heterocycles. The second-order valence-corrected chi connectivity index (χ2v) is 18.7. The summed E-state index contributed by atoms with van der Waals surface area (Å²) < 4.78 is 24.5. The van der Waals surface area contributed by atoms with Crippen LogP contribution in [0.4, 0.5) is 39.3 Å². The van der Waals surface area contributed by atoms with Crippen LogP contribution >= 0.6 is 18.7 Å². The fraction of sp³-hybridized carbons (Fsp3) is 0.410. The number of carbonyl (C=O) groups excluding carboxylic acids is 2. The molecule has 0 spiro atoms. The Morgan fingerprint density at radius 3 is 2.38 bits per heavy atom. The first-order valence-corrected chi connectivity index (χ1v) is 21.5. The zero-order valence-electron chi connectivity index (χ0n) is 32.6. The quantitative estimate of drug-likeness (QED) is 0.0929. The first-order chi connectivity index (χ1) is 26.7. The standard InChI is InChI=1S/C39H50ClN10O5P/c1-39(2,3)55-38(52)50-19-17-48(18-20-50)27-13-15-49(16-14-27)32-22-33(54-4)31(21-30(32)44-35(51)12-11-26-23-41-25-43-26)46-37-42-24-28(40)36(47-37)45-29-9-7-8-10-34(29)56(5,6)53/h7-12,21-25,27H,13-20H2,1-6H3,(H,41,43)(H,44,51)(H2,42,45,46,47)/b12-11+. The van der Waals surface area contributed by atoms with Crippen LogP contribution in [0.2, 0.25) is 5.02 Å². The summed E-state index contributed by atoms with van der Waals surface area (Å²) in [4.78, 5) is 48.5. The molecule has 0 radical (unpaired) electrons. The number of carbonyl (C=O) groups is 2. The average molecular weight is 805 g/mol. The molecule has 0 saturated carbocycles. The first kappa shape index (κ1) is 40.6. The van der Waals surface area contributed by atoms with Crippen molar-refractivity contribution in [3.8, 4) is 5.75 Å². The SMILES string of the molecule is COc1cc(N2CCC(N3CCN(C(=O)OC(C)(C)C)CC3)CC2)c(NC(=O)/C=C/c2cnc[nH]2)cc1Nc1ncc(Cl)c(Nc2ccccc2P(C)(C)=O)n1. The van der Waals surface area contributed by atoms with Crippen molar-refractivity contribution in [2.75, 3.05) is 80.6 Å². The topological polar surface area (TPSA) is 170 Å². The van der Waals surface area contributed by atoms with Crippen LogP contribution in [0.15, 0.2) is 61.2 Å². The van der Waals surface area contributed by atoms with Gasteiger partial charge in [0.05, 0.1) is 54.3 Å². The number of halogens is 1. The van der Waals surface area contributed by atoms with Gasteiger partial charge in [-0.05, 0) is 71.2 Å². The van der Waals surface area contributed by atoms with E-state index in [9.17, 15) is 14.2 Å². The number of ether oxygens (including phenoxy) is 2. The summed E-state index contributed by atoms with van der Waals surface area (Å²) in [5.74, 6) is 0.738. The minimum absolute atomic E-state index is 0.223. The fourth-order valence-electron chi connectivity index (χ4n) is 6.78. The largest absolute Gasteiger partial charge is 0.494 e. The van der Waals surface area contributed by atoms with E-state index in [1.54, 1.807) is 43.9 Å². The van der Waals surface area contributed by atoms with E-state index < -0.39 is 12.7 Å². The number of amides is 2. The number of aromatic amines is 1. The normalized spacial score (nSPS) is 15.8. The number of nitrogens with zero attached hydrogens (tertiary/aromatic N) is 6. The third kappa shape index (κ3) is 10.4. The molecule has 2 aliphatic rings. The van der Waals surface area contributed by atoms with Gasteiger partial charge in [0.15, 0.2) is 5.82 Å². The van der Waals surface area contributed by atoms with Crippen LogP contribution in [-0.2, 0) is 14.1 Å². The van der Waals surface area contributed by atoms with E-state index in [1.165, 1.54) is 12.3 Å². The number of nitrogens with one attached hydrogen (secondary N) is 4. The summed E-state index contributed by atoms with van der Waals surface area (Å²) in [5.41, 5.74) is 2.70. The third-order valence-electron chi connectivity index (χ3n) is 9.52. The van der Waals surface area contributed by atoms with Crippen molar-refractivity contribution in [3.63, 3.8) is 0 Å². The predicted octanol–water partition coefficient (Wildman–Crippen LogP) is 6.77. The molecule has 0 aliphatic carbocycles. The molecule has 0 bridgehead atoms. The molecule has 56 heavy (non-hydrogen) atoms. The van der Waals surface area contributed by atoms with Gasteiger partial charge in [0, 0.05) is 62.8 Å². The zero-order valence-corrected chi connectivity index (χ0v) is 34.3. The summed E-state index contributed by atoms with van der Waals surface area (Å²) in [7, 11) is -1.03. The number of imidazole rings is 1. The maximum Gasteiger partial charge on any atom is 0.410 e. The summed E-state index contributed by atoms with van der Waals surface area (Å²) in [6.45, 7) is 13.4. The van der Waals surface area contributed by atoms with Crippen LogP contribution in [0.5, 0.6) is 5.75 Å². The number of hydrogen-bond donors (Lipinski definition) is 4. The van der Waals surface area contributed by atoms with E-state index in [4.69, 9.17) is 21.1 Å². The second-order valence-electron chi connectivity index (χ2n) is 15.1. The highest BCUT2D eigenvalue weighted by molar-refractivity contribution is 7.70. The van der Waals surface area contributed by atoms with Gasteiger partial charge in [-0.25, -0.2) is 14.8 Å². The Bertz CT molecular complexity index is 2090. The molecule has 4 heterocycles. The van der Waals surface area contributed by atoms with Crippen LogP contribution in [0.3, 0.4) is 0 Å². The smallest absolute Gasteiger partial charge is 0.410 e. The van der Waals surface area contributed by atoms with Gasteiger partial charge in [0.2, 0.25) is 11.9 Å². The van der Waals surface area contributed by atoms with Crippen LogP contribution in [0.1, 0.15) is 39.3 Å². The number of H-pyrrole nitrogens is 1. The van der Waals surface area contributed by atoms with E-state index >= 15 is 0 Å². The molecule has 2 saturated heterocycles. The number of hydrogen-bond acceptors (Lipinski definition) is 12. The lowest BCUT2D eigenvalue weighted by atomic mass is 10.0. The Labute approximate surface area is 332 Å². The minimum Gasteiger partial charge on any atom is -0.494 e. The molecule has 298 valence electrons. The third-order valence-corrected chi connectivity index (χ3v) is 11.4. The zero-order chi connectivity index (χ0) is 40.0. The number of benzene rings is 2. The highest BCUT2D eigenvalue weighted by Gasteiger charge is 2.32. The number of aromatic nitrogens is 4. The van der Waals surface area contributed by atoms with E-state index in [-0.39, 0.29) is 23.0 Å². The van der Waals surface area contributed by atoms with Gasteiger partial charge in [0.1, 0.15) is 23.5 Å². The van der Waals surface area contributed by atoms with Gasteiger partial charge in [-0.3, -0.25) is 9.69 Å². The molecule has 4 N–H and O–H groups in total. The molecule has 4 aromatic rings. The molecular weight excluding hydrogens is 755 g/mol. The minimum atomic E-state index is -2.61. The van der Waals surface area contributed by atoms with Gasteiger partial charge < -0.3 is 44.8 Å². The summed E-state index contributed by atoms with van der Waals surface area (Å²) in [6.07, 6.45) is 9.31. The number of rotatable bonds is 11. The van der Waals surface area contributed by atoms with Crippen molar-refractivity contribution in [1.29, 1.82) is 0 Å². The Kier molecular flexibility index (Phi) is 12.6. The lowest BCUT2D eigenvalue weighted by Crippen LogP contribution is -2.55. The van der Waals surface area contributed by atoms with E-state index in [2.05, 4.69) is 45.7 Å². The fourth-order valence-corrected chi connectivity index (χ4v) is 8.07. The van der Waals surface area contributed by atoms with Crippen molar-refractivity contribution < 1.29 is 23.6 Å². The van der Waals surface area contributed by atoms with Gasteiger partial charge in [0.25, 0.3) is 0 Å². The highest BCUT2D eigenvalue weighted by atomic mass is 35.5. The van der Waals surface area contributed by atoms with Gasteiger partial charge in [-0.15, -0.1) is 0 Å². The van der Waals surface area contributed by atoms with Crippen molar-refractivity contribution >= 4 is 76.6 Å². The molecule has 2 fully saturated rings. The van der Waals surface area contributed by atoms with Gasteiger partial charge in [-0.2, -0.15) is 4.98 Å². The summed E-state index contributed by atoms with van der Waals surface area (Å²) in [6, 6.07) is 11.4. The Morgan fingerprint density at radius 2 is 1.71 bits per heavy atom. The Balaban J connectivity index is 1.21. The van der Waals surface area contributed by atoms with Crippen LogP contribution in [0, 0.1) is 0 Å². The van der Waals surface area contributed by atoms with Gasteiger partial charge in [-0.1, -0.05) is 23.7 Å². The highest BCUT2D eigenvalue weighted by Crippen LogP contribution is 2.41. The van der Waals surface area contributed by atoms with Crippen LogP contribution in [-0.4, -0.2) is 113 Å². The molecule has 2 amide bonds. The van der Waals surface area contributed by atoms with Gasteiger partial charge >= 0.3 is 6.09 Å². The number of anilines is 6. The van der Waals surface area contributed by atoms with Crippen molar-refractivity contribution in [2.24, 2.45) is 0 Å². The number of piperidine rings is 1. The molecule has 17 heteroatoms. The van der Waals surface area contributed by atoms with E-state index in [0.29, 0.717) is 58.8 Å².